The fraction of sp³-hybridized carbons (Fsp3) is 1.00. The van der Waals surface area contributed by atoms with E-state index in [9.17, 15) is 0 Å². The Labute approximate surface area is 182 Å². The predicted octanol–water partition coefficient (Wildman–Crippen LogP) is 8.89. The second-order valence-electron chi connectivity index (χ2n) is 14.3. The van der Waals surface area contributed by atoms with E-state index in [2.05, 4.69) is 48.5 Å². The maximum absolute atomic E-state index is 2.81. The Morgan fingerprint density at radius 2 is 1.31 bits per heavy atom. The second-order valence-corrected chi connectivity index (χ2v) is 14.3. The van der Waals surface area contributed by atoms with Gasteiger partial charge in [-0.1, -0.05) is 61.3 Å². The first-order valence-corrected chi connectivity index (χ1v) is 13.5. The Balaban J connectivity index is 1.52. The van der Waals surface area contributed by atoms with Crippen molar-refractivity contribution in [3.8, 4) is 0 Å². The van der Waals surface area contributed by atoms with E-state index in [1.807, 2.05) is 0 Å². The molecule has 0 radical (unpaired) electrons. The van der Waals surface area contributed by atoms with Crippen LogP contribution in [-0.4, -0.2) is 0 Å². The number of fused-ring (bicyclic) bond motifs is 7. The lowest BCUT2D eigenvalue weighted by molar-refractivity contribution is -0.234. The van der Waals surface area contributed by atoms with Gasteiger partial charge in [0.2, 0.25) is 0 Å². The quantitative estimate of drug-likeness (QED) is 0.413. The molecular weight excluding hydrogens is 348 g/mol. The van der Waals surface area contributed by atoms with E-state index in [4.69, 9.17) is 0 Å². The SMILES string of the molecule is CC[C@H]1CC[C@@H]2[C@H]3CC[C@@H]4[C@@]5(C)CCCC(C)(C)[C@@H]5CC[C@@]4(C)[C@]3(C)CC[C@]12C. The number of rotatable bonds is 1. The minimum atomic E-state index is 0.566. The first-order chi connectivity index (χ1) is 13.5. The van der Waals surface area contributed by atoms with E-state index in [0.717, 1.165) is 29.6 Å². The van der Waals surface area contributed by atoms with Gasteiger partial charge in [0.15, 0.2) is 0 Å². The standard InChI is InChI=1S/C29H50/c1-8-20-10-11-21-22-12-13-24-27(5)16-9-15-25(2,3)23(27)14-17-29(24,7)28(22,6)19-18-26(20,21)4/h20-24H,8-19H2,1-7H3/t20-,21+,22+,23-,24+,26+,27-,28+,29+/m0/s1. The van der Waals surface area contributed by atoms with Gasteiger partial charge in [0.25, 0.3) is 0 Å². The summed E-state index contributed by atoms with van der Waals surface area (Å²) in [6, 6.07) is 0. The molecule has 0 amide bonds. The van der Waals surface area contributed by atoms with Crippen molar-refractivity contribution in [1.82, 2.24) is 0 Å². The average molecular weight is 399 g/mol. The Morgan fingerprint density at radius 3 is 2.03 bits per heavy atom. The summed E-state index contributed by atoms with van der Waals surface area (Å²) in [5.41, 5.74) is 3.01. The van der Waals surface area contributed by atoms with Crippen LogP contribution in [0.2, 0.25) is 0 Å². The summed E-state index contributed by atoms with van der Waals surface area (Å²) < 4.78 is 0. The maximum Gasteiger partial charge on any atom is -0.0235 e. The van der Waals surface area contributed by atoms with Crippen LogP contribution in [0.1, 0.15) is 126 Å². The number of hydrogen-bond acceptors (Lipinski definition) is 0. The van der Waals surface area contributed by atoms with E-state index >= 15 is 0 Å². The molecule has 0 unspecified atom stereocenters. The normalized spacial score (nSPS) is 58.7. The highest BCUT2D eigenvalue weighted by Crippen LogP contribution is 2.77. The molecule has 5 aliphatic rings. The molecule has 0 aliphatic heterocycles. The summed E-state index contributed by atoms with van der Waals surface area (Å²) in [6.45, 7) is 18.8. The highest BCUT2D eigenvalue weighted by molar-refractivity contribution is 5.18. The Bertz CT molecular complexity index is 661. The molecule has 0 spiro atoms. The predicted molar refractivity (Wildman–Crippen MR) is 125 cm³/mol. The molecule has 0 aromatic rings. The third-order valence-electron chi connectivity index (χ3n) is 13.5. The van der Waals surface area contributed by atoms with Crippen molar-refractivity contribution < 1.29 is 0 Å². The van der Waals surface area contributed by atoms with Gasteiger partial charge in [0, 0.05) is 0 Å². The van der Waals surface area contributed by atoms with Crippen LogP contribution in [0.4, 0.5) is 0 Å². The van der Waals surface area contributed by atoms with Crippen LogP contribution in [-0.2, 0) is 0 Å². The molecule has 0 N–H and O–H groups in total. The fourth-order valence-electron chi connectivity index (χ4n) is 11.8. The molecule has 0 aromatic carbocycles. The lowest BCUT2D eigenvalue weighted by Gasteiger charge is -2.72. The lowest BCUT2D eigenvalue weighted by atomic mass is 9.32. The topological polar surface area (TPSA) is 0 Å². The van der Waals surface area contributed by atoms with Crippen LogP contribution >= 0.6 is 0 Å². The molecule has 0 bridgehead atoms. The third-order valence-corrected chi connectivity index (χ3v) is 13.5. The van der Waals surface area contributed by atoms with Crippen molar-refractivity contribution in [2.24, 2.45) is 56.7 Å². The molecule has 0 heteroatoms. The maximum atomic E-state index is 2.81. The van der Waals surface area contributed by atoms with Crippen molar-refractivity contribution in [2.75, 3.05) is 0 Å². The zero-order valence-corrected chi connectivity index (χ0v) is 20.9. The highest BCUT2D eigenvalue weighted by Gasteiger charge is 2.69. The largest absolute Gasteiger partial charge is 0.0651 e. The monoisotopic (exact) mass is 398 g/mol. The first kappa shape index (κ1) is 20.9. The molecule has 0 nitrogen and oxygen atoms in total. The van der Waals surface area contributed by atoms with Crippen molar-refractivity contribution in [1.29, 1.82) is 0 Å². The van der Waals surface area contributed by atoms with Crippen molar-refractivity contribution in [3.63, 3.8) is 0 Å². The van der Waals surface area contributed by atoms with Crippen molar-refractivity contribution in [2.45, 2.75) is 126 Å². The van der Waals surface area contributed by atoms with Crippen LogP contribution in [0.25, 0.3) is 0 Å². The Hall–Kier alpha value is 0. The van der Waals surface area contributed by atoms with Gasteiger partial charge in [-0.3, -0.25) is 0 Å². The average Bonchev–Trinajstić information content (AvgIpc) is 2.98. The van der Waals surface area contributed by atoms with E-state index in [-0.39, 0.29) is 0 Å². The lowest BCUT2D eigenvalue weighted by Crippen LogP contribution is -2.65. The zero-order chi connectivity index (χ0) is 20.9. The summed E-state index contributed by atoms with van der Waals surface area (Å²) in [4.78, 5) is 0. The summed E-state index contributed by atoms with van der Waals surface area (Å²) >= 11 is 0. The minimum Gasteiger partial charge on any atom is -0.0651 e. The summed E-state index contributed by atoms with van der Waals surface area (Å²) in [5.74, 6) is 4.98. The molecule has 0 aromatic heterocycles. The van der Waals surface area contributed by atoms with E-state index in [0.29, 0.717) is 27.1 Å². The highest BCUT2D eigenvalue weighted by atomic mass is 14.7. The van der Waals surface area contributed by atoms with Crippen LogP contribution in [0.5, 0.6) is 0 Å². The molecule has 9 atom stereocenters. The molecule has 5 rings (SSSR count). The van der Waals surface area contributed by atoms with E-state index in [1.54, 1.807) is 19.3 Å². The Morgan fingerprint density at radius 1 is 0.586 bits per heavy atom. The molecule has 5 aliphatic carbocycles. The molecule has 29 heavy (non-hydrogen) atoms. The van der Waals surface area contributed by atoms with Crippen LogP contribution in [0.15, 0.2) is 0 Å². The van der Waals surface area contributed by atoms with Crippen LogP contribution < -0.4 is 0 Å². The summed E-state index contributed by atoms with van der Waals surface area (Å²) in [5, 5.41) is 0. The first-order valence-electron chi connectivity index (χ1n) is 13.5. The summed E-state index contributed by atoms with van der Waals surface area (Å²) in [6.07, 6.45) is 18.1. The van der Waals surface area contributed by atoms with Gasteiger partial charge in [-0.15, -0.1) is 0 Å². The Kier molecular flexibility index (Phi) is 4.52. The number of hydrogen-bond donors (Lipinski definition) is 0. The minimum absolute atomic E-state index is 0.566. The fourth-order valence-corrected chi connectivity index (χ4v) is 11.8. The molecule has 0 saturated heterocycles. The second kappa shape index (κ2) is 6.28. The van der Waals surface area contributed by atoms with Gasteiger partial charge in [-0.05, 0) is 121 Å². The van der Waals surface area contributed by atoms with Crippen LogP contribution in [0.3, 0.4) is 0 Å². The van der Waals surface area contributed by atoms with E-state index in [1.165, 1.54) is 57.8 Å². The molecule has 166 valence electrons. The molecule has 0 heterocycles. The molecule has 5 saturated carbocycles. The van der Waals surface area contributed by atoms with Crippen LogP contribution in [0, 0.1) is 56.7 Å². The van der Waals surface area contributed by atoms with Gasteiger partial charge < -0.3 is 0 Å². The van der Waals surface area contributed by atoms with Gasteiger partial charge in [0.1, 0.15) is 0 Å². The van der Waals surface area contributed by atoms with Gasteiger partial charge in [0.05, 0.1) is 0 Å². The molecular formula is C29H50. The van der Waals surface area contributed by atoms with Crippen molar-refractivity contribution in [3.05, 3.63) is 0 Å². The van der Waals surface area contributed by atoms with Gasteiger partial charge in [-0.2, -0.15) is 0 Å². The van der Waals surface area contributed by atoms with Gasteiger partial charge in [-0.25, -0.2) is 0 Å². The van der Waals surface area contributed by atoms with E-state index < -0.39 is 0 Å². The third kappa shape index (κ3) is 2.44. The van der Waals surface area contributed by atoms with Gasteiger partial charge >= 0.3 is 0 Å². The summed E-state index contributed by atoms with van der Waals surface area (Å²) in [7, 11) is 0. The zero-order valence-electron chi connectivity index (χ0n) is 20.9. The van der Waals surface area contributed by atoms with Crippen molar-refractivity contribution >= 4 is 0 Å². The smallest absolute Gasteiger partial charge is 0.0235 e. The molecule has 5 fully saturated rings.